The summed E-state index contributed by atoms with van der Waals surface area (Å²) in [5, 5.41) is 0. The van der Waals surface area contributed by atoms with Crippen molar-refractivity contribution in [1.29, 1.82) is 0 Å². The Labute approximate surface area is 52.5 Å². The smallest absolute Gasteiger partial charge is 0.0167 e. The quantitative estimate of drug-likeness (QED) is 0.411. The standard InChI is InChI=1S/C5H9I/c1-3-4(2)5(3)6/h3-5H,1-2H3/t3-,4+,5+. The van der Waals surface area contributed by atoms with Crippen LogP contribution in [-0.4, -0.2) is 3.92 Å². The van der Waals surface area contributed by atoms with Crippen LogP contribution in [0.2, 0.25) is 0 Å². The highest BCUT2D eigenvalue weighted by Crippen LogP contribution is 2.44. The van der Waals surface area contributed by atoms with Gasteiger partial charge in [0.15, 0.2) is 0 Å². The normalized spacial score (nSPS) is 55.5. The fraction of sp³-hybridized carbons (Fsp3) is 1.00. The van der Waals surface area contributed by atoms with Crippen molar-refractivity contribution in [2.75, 3.05) is 0 Å². The molecular formula is C5H9I. The minimum Gasteiger partial charge on any atom is -0.0820 e. The van der Waals surface area contributed by atoms with Gasteiger partial charge in [-0.25, -0.2) is 0 Å². The molecule has 0 bridgehead atoms. The second kappa shape index (κ2) is 1.35. The number of alkyl halides is 1. The predicted molar refractivity (Wildman–Crippen MR) is 36.1 cm³/mol. The maximum Gasteiger partial charge on any atom is 0.0167 e. The lowest BCUT2D eigenvalue weighted by Gasteiger charge is -1.66. The van der Waals surface area contributed by atoms with Crippen LogP contribution in [0.5, 0.6) is 0 Å². The van der Waals surface area contributed by atoms with Crippen LogP contribution in [0.1, 0.15) is 13.8 Å². The van der Waals surface area contributed by atoms with E-state index in [-0.39, 0.29) is 0 Å². The summed E-state index contributed by atoms with van der Waals surface area (Å²) in [7, 11) is 0. The van der Waals surface area contributed by atoms with E-state index < -0.39 is 0 Å². The molecule has 1 fully saturated rings. The minimum absolute atomic E-state index is 0.989. The molecule has 36 valence electrons. The molecule has 6 heavy (non-hydrogen) atoms. The van der Waals surface area contributed by atoms with Crippen molar-refractivity contribution in [2.24, 2.45) is 11.8 Å². The van der Waals surface area contributed by atoms with Crippen LogP contribution in [0, 0.1) is 11.8 Å². The van der Waals surface area contributed by atoms with Crippen LogP contribution in [0.15, 0.2) is 0 Å². The van der Waals surface area contributed by atoms with Gasteiger partial charge in [-0.2, -0.15) is 0 Å². The molecule has 0 amide bonds. The van der Waals surface area contributed by atoms with Crippen LogP contribution in [0.25, 0.3) is 0 Å². The molecule has 0 heterocycles. The molecule has 0 saturated heterocycles. The molecule has 1 heteroatoms. The monoisotopic (exact) mass is 196 g/mol. The highest BCUT2D eigenvalue weighted by molar-refractivity contribution is 14.1. The lowest BCUT2D eigenvalue weighted by atomic mass is 10.4. The highest BCUT2D eigenvalue weighted by Gasteiger charge is 2.39. The number of halogens is 1. The van der Waals surface area contributed by atoms with E-state index in [9.17, 15) is 0 Å². The third kappa shape index (κ3) is 0.572. The molecule has 0 aromatic rings. The van der Waals surface area contributed by atoms with Crippen LogP contribution in [-0.2, 0) is 0 Å². The summed E-state index contributed by atoms with van der Waals surface area (Å²) in [4.78, 5) is 0. The van der Waals surface area contributed by atoms with Gasteiger partial charge in [-0.05, 0) is 11.8 Å². The summed E-state index contributed by atoms with van der Waals surface area (Å²) in [6.45, 7) is 4.61. The van der Waals surface area contributed by atoms with Gasteiger partial charge in [0.05, 0.1) is 0 Å². The van der Waals surface area contributed by atoms with Crippen molar-refractivity contribution in [3.8, 4) is 0 Å². The fourth-order valence-corrected chi connectivity index (χ4v) is 1.67. The van der Waals surface area contributed by atoms with Gasteiger partial charge in [-0.1, -0.05) is 36.4 Å². The first kappa shape index (κ1) is 4.88. The molecule has 1 rings (SSSR count). The Morgan fingerprint density at radius 1 is 1.17 bits per heavy atom. The zero-order valence-corrected chi connectivity index (χ0v) is 6.27. The lowest BCUT2D eigenvalue weighted by Crippen LogP contribution is -1.60. The molecule has 3 atom stereocenters. The van der Waals surface area contributed by atoms with Gasteiger partial charge in [-0.15, -0.1) is 0 Å². The van der Waals surface area contributed by atoms with E-state index >= 15 is 0 Å². The van der Waals surface area contributed by atoms with Crippen LogP contribution >= 0.6 is 22.6 Å². The maximum absolute atomic E-state index is 2.51. The van der Waals surface area contributed by atoms with E-state index in [1.165, 1.54) is 0 Å². The third-order valence-electron chi connectivity index (χ3n) is 1.69. The summed E-state index contributed by atoms with van der Waals surface area (Å²) >= 11 is 2.51. The van der Waals surface area contributed by atoms with E-state index in [2.05, 4.69) is 36.4 Å². The Bertz CT molecular complexity index is 40.7. The first-order valence-corrected chi connectivity index (χ1v) is 3.62. The van der Waals surface area contributed by atoms with Gasteiger partial charge < -0.3 is 0 Å². The van der Waals surface area contributed by atoms with Crippen LogP contribution in [0.3, 0.4) is 0 Å². The van der Waals surface area contributed by atoms with Crippen molar-refractivity contribution in [3.63, 3.8) is 0 Å². The highest BCUT2D eigenvalue weighted by atomic mass is 127. The molecule has 0 unspecified atom stereocenters. The average molecular weight is 196 g/mol. The fourth-order valence-electron chi connectivity index (χ4n) is 0.602. The van der Waals surface area contributed by atoms with Gasteiger partial charge >= 0.3 is 0 Å². The second-order valence-corrected chi connectivity index (χ2v) is 3.60. The molecule has 0 nitrogen and oxygen atoms in total. The van der Waals surface area contributed by atoms with Crippen molar-refractivity contribution in [2.45, 2.75) is 17.8 Å². The zero-order valence-electron chi connectivity index (χ0n) is 4.11. The second-order valence-electron chi connectivity index (χ2n) is 2.16. The van der Waals surface area contributed by atoms with Crippen molar-refractivity contribution < 1.29 is 0 Å². The van der Waals surface area contributed by atoms with E-state index in [4.69, 9.17) is 0 Å². The molecule has 0 aliphatic heterocycles. The Hall–Kier alpha value is 0.730. The zero-order chi connectivity index (χ0) is 4.73. The lowest BCUT2D eigenvalue weighted by molar-refractivity contribution is 0.834. The first-order valence-electron chi connectivity index (χ1n) is 2.37. The summed E-state index contributed by atoms with van der Waals surface area (Å²) in [5.74, 6) is 2.01. The van der Waals surface area contributed by atoms with Crippen molar-refractivity contribution >= 4 is 22.6 Å². The topological polar surface area (TPSA) is 0 Å². The Kier molecular flexibility index (Phi) is 1.10. The van der Waals surface area contributed by atoms with E-state index in [1.54, 1.807) is 0 Å². The summed E-state index contributed by atoms with van der Waals surface area (Å²) in [6, 6.07) is 0. The van der Waals surface area contributed by atoms with E-state index in [0.29, 0.717) is 0 Å². The number of hydrogen-bond donors (Lipinski definition) is 0. The van der Waals surface area contributed by atoms with Crippen molar-refractivity contribution in [1.82, 2.24) is 0 Å². The molecule has 0 aromatic carbocycles. The van der Waals surface area contributed by atoms with Crippen molar-refractivity contribution in [3.05, 3.63) is 0 Å². The summed E-state index contributed by atoms with van der Waals surface area (Å²) < 4.78 is 0.989. The largest absolute Gasteiger partial charge is 0.0820 e. The number of hydrogen-bond acceptors (Lipinski definition) is 0. The molecule has 0 N–H and O–H groups in total. The molecule has 0 aromatic heterocycles. The number of rotatable bonds is 0. The summed E-state index contributed by atoms with van der Waals surface area (Å²) in [6.07, 6.45) is 0. The maximum atomic E-state index is 2.51. The molecule has 0 spiro atoms. The molecule has 0 radical (unpaired) electrons. The summed E-state index contributed by atoms with van der Waals surface area (Å²) in [5.41, 5.74) is 0. The first-order chi connectivity index (χ1) is 2.73. The Morgan fingerprint density at radius 3 is 1.33 bits per heavy atom. The van der Waals surface area contributed by atoms with Crippen LogP contribution in [0.4, 0.5) is 0 Å². The van der Waals surface area contributed by atoms with Crippen LogP contribution < -0.4 is 0 Å². The Balaban J connectivity index is 2.31. The van der Waals surface area contributed by atoms with E-state index in [0.717, 1.165) is 15.8 Å². The van der Waals surface area contributed by atoms with Gasteiger partial charge in [0.1, 0.15) is 0 Å². The SMILES string of the molecule is C[C@@H]1[C@H](C)[C@H]1I. The molecular weight excluding hydrogens is 187 g/mol. The molecule has 1 saturated carbocycles. The van der Waals surface area contributed by atoms with Gasteiger partial charge in [0.2, 0.25) is 0 Å². The Morgan fingerprint density at radius 2 is 1.33 bits per heavy atom. The van der Waals surface area contributed by atoms with E-state index in [1.807, 2.05) is 0 Å². The average Bonchev–Trinajstić information content (AvgIpc) is 1.94. The van der Waals surface area contributed by atoms with Gasteiger partial charge in [-0.3, -0.25) is 0 Å². The molecule has 1 aliphatic rings. The minimum atomic E-state index is 0.989. The van der Waals surface area contributed by atoms with Gasteiger partial charge in [0.25, 0.3) is 0 Å². The third-order valence-corrected chi connectivity index (χ3v) is 3.96. The van der Waals surface area contributed by atoms with Gasteiger partial charge in [0, 0.05) is 3.92 Å². The molecule has 1 aliphatic carbocycles. The predicted octanol–water partition coefficient (Wildman–Crippen LogP) is 2.08.